The number of ketones is 1. The predicted octanol–water partition coefficient (Wildman–Crippen LogP) is 4.65. The Kier molecular flexibility index (Phi) is 6.36. The van der Waals surface area contributed by atoms with Gasteiger partial charge in [-0.2, -0.15) is 0 Å². The topological polar surface area (TPSA) is 29.6 Å². The third-order valence-corrected chi connectivity index (χ3v) is 4.76. The zero-order valence-corrected chi connectivity index (χ0v) is 12.5. The minimum absolute atomic E-state index is 0.341. The summed E-state index contributed by atoms with van der Waals surface area (Å²) in [5.74, 6) is 1.24. The van der Waals surface area contributed by atoms with Crippen LogP contribution in [0.2, 0.25) is 0 Å². The molecule has 0 bridgehead atoms. The van der Waals surface area contributed by atoms with Crippen LogP contribution in [0.15, 0.2) is 0 Å². The van der Waals surface area contributed by atoms with E-state index in [1.54, 1.807) is 6.92 Å². The monoisotopic (exact) mass is 266 g/mol. The van der Waals surface area contributed by atoms with Gasteiger partial charge in [-0.3, -0.25) is 0 Å². The second-order valence-corrected chi connectivity index (χ2v) is 6.55. The molecule has 2 nitrogen and oxygen atoms in total. The Bertz CT molecular complexity index is 274. The molecule has 2 rings (SSSR count). The van der Waals surface area contributed by atoms with Crippen LogP contribution in [0.4, 0.5) is 0 Å². The molecule has 0 spiro atoms. The molecule has 0 aromatic carbocycles. The Morgan fingerprint density at radius 3 is 2.11 bits per heavy atom. The van der Waals surface area contributed by atoms with Crippen molar-refractivity contribution in [2.24, 2.45) is 5.92 Å². The van der Waals surface area contributed by atoms with E-state index < -0.39 is 0 Å². The minimum atomic E-state index is 0.341. The van der Waals surface area contributed by atoms with E-state index in [1.165, 1.54) is 64.2 Å². The van der Waals surface area contributed by atoms with Gasteiger partial charge in [-0.1, -0.05) is 44.9 Å². The summed E-state index contributed by atoms with van der Waals surface area (Å²) >= 11 is 0. The number of fused-ring (bicyclic) bond motifs is 1. The van der Waals surface area contributed by atoms with Crippen LogP contribution in [0.25, 0.3) is 0 Å². The second-order valence-electron chi connectivity index (χ2n) is 6.55. The van der Waals surface area contributed by atoms with E-state index in [9.17, 15) is 4.79 Å². The number of hydrogen-bond acceptors (Lipinski definition) is 2. The lowest BCUT2D eigenvalue weighted by Crippen LogP contribution is -2.03. The largest absolute Gasteiger partial charge is 0.369 e. The molecule has 2 heteroatoms. The number of hydrogen-bond donors (Lipinski definition) is 0. The molecule has 0 amide bonds. The van der Waals surface area contributed by atoms with Gasteiger partial charge in [-0.25, -0.2) is 0 Å². The number of Topliss-reactive ketones (excluding diaryl/α,β-unsaturated/α-hetero) is 1. The van der Waals surface area contributed by atoms with Gasteiger partial charge in [0.05, 0.1) is 12.2 Å². The van der Waals surface area contributed by atoms with E-state index >= 15 is 0 Å². The molecule has 2 aliphatic rings. The molecule has 1 saturated heterocycles. The summed E-state index contributed by atoms with van der Waals surface area (Å²) in [5.41, 5.74) is 0. The van der Waals surface area contributed by atoms with Crippen LogP contribution in [0.5, 0.6) is 0 Å². The Hall–Kier alpha value is -0.370. The zero-order valence-electron chi connectivity index (χ0n) is 12.5. The lowest BCUT2D eigenvalue weighted by Gasteiger charge is -2.09. The summed E-state index contributed by atoms with van der Waals surface area (Å²) in [6.45, 7) is 1.69. The van der Waals surface area contributed by atoms with E-state index in [4.69, 9.17) is 4.74 Å². The minimum Gasteiger partial charge on any atom is -0.369 e. The molecule has 1 saturated carbocycles. The molecule has 0 radical (unpaired) electrons. The van der Waals surface area contributed by atoms with Crippen LogP contribution in [0.1, 0.15) is 84.0 Å². The summed E-state index contributed by atoms with van der Waals surface area (Å²) in [7, 11) is 0. The van der Waals surface area contributed by atoms with E-state index in [0.717, 1.165) is 18.8 Å². The maximum atomic E-state index is 10.8. The standard InChI is InChI=1S/C17H30O2/c1-14(18)10-8-6-4-2-3-5-7-9-11-15-12-13-16-17(15)19-16/h15-17H,2-13H2,1H3. The van der Waals surface area contributed by atoms with E-state index in [1.807, 2.05) is 0 Å². The molecule has 3 unspecified atom stereocenters. The Balaban J connectivity index is 1.30. The first-order valence-corrected chi connectivity index (χ1v) is 8.42. The average Bonchev–Trinajstić information content (AvgIpc) is 3.06. The van der Waals surface area contributed by atoms with Gasteiger partial charge in [0.1, 0.15) is 5.78 Å². The summed E-state index contributed by atoms with van der Waals surface area (Å²) < 4.78 is 5.59. The van der Waals surface area contributed by atoms with E-state index in [0.29, 0.717) is 18.0 Å². The normalized spacial score (nSPS) is 28.4. The van der Waals surface area contributed by atoms with Crippen LogP contribution in [0.3, 0.4) is 0 Å². The Morgan fingerprint density at radius 2 is 1.58 bits per heavy atom. The highest BCUT2D eigenvalue weighted by molar-refractivity contribution is 5.75. The number of carbonyl (C=O) groups is 1. The number of epoxide rings is 1. The van der Waals surface area contributed by atoms with Gasteiger partial charge in [-0.15, -0.1) is 0 Å². The van der Waals surface area contributed by atoms with Crippen molar-refractivity contribution in [1.82, 2.24) is 0 Å². The Morgan fingerprint density at radius 1 is 0.947 bits per heavy atom. The van der Waals surface area contributed by atoms with Gasteiger partial charge in [0.2, 0.25) is 0 Å². The fraction of sp³-hybridized carbons (Fsp3) is 0.941. The molecule has 1 heterocycles. The number of unbranched alkanes of at least 4 members (excludes halogenated alkanes) is 7. The van der Waals surface area contributed by atoms with Crippen LogP contribution < -0.4 is 0 Å². The van der Waals surface area contributed by atoms with E-state index in [-0.39, 0.29) is 0 Å². The van der Waals surface area contributed by atoms with Crippen molar-refractivity contribution < 1.29 is 9.53 Å². The first kappa shape index (κ1) is 15.0. The maximum absolute atomic E-state index is 10.8. The van der Waals surface area contributed by atoms with Gasteiger partial charge >= 0.3 is 0 Å². The van der Waals surface area contributed by atoms with Crippen LogP contribution in [-0.4, -0.2) is 18.0 Å². The van der Waals surface area contributed by atoms with Gasteiger partial charge in [0.25, 0.3) is 0 Å². The fourth-order valence-electron chi connectivity index (χ4n) is 3.50. The highest BCUT2D eigenvalue weighted by Crippen LogP contribution is 2.45. The lowest BCUT2D eigenvalue weighted by atomic mass is 9.98. The van der Waals surface area contributed by atoms with E-state index in [2.05, 4.69) is 0 Å². The van der Waals surface area contributed by atoms with Gasteiger partial charge < -0.3 is 9.53 Å². The van der Waals surface area contributed by atoms with Crippen LogP contribution in [0, 0.1) is 5.92 Å². The van der Waals surface area contributed by atoms with Crippen molar-refractivity contribution in [3.05, 3.63) is 0 Å². The molecule has 110 valence electrons. The molecule has 2 fully saturated rings. The van der Waals surface area contributed by atoms with Crippen molar-refractivity contribution in [3.63, 3.8) is 0 Å². The van der Waals surface area contributed by atoms with Crippen molar-refractivity contribution >= 4 is 5.78 Å². The molecule has 0 N–H and O–H groups in total. The van der Waals surface area contributed by atoms with Gasteiger partial charge in [0.15, 0.2) is 0 Å². The van der Waals surface area contributed by atoms with Gasteiger partial charge in [0, 0.05) is 6.42 Å². The molecular formula is C17H30O2. The fourth-order valence-corrected chi connectivity index (χ4v) is 3.50. The predicted molar refractivity (Wildman–Crippen MR) is 78.2 cm³/mol. The first-order chi connectivity index (χ1) is 9.27. The Labute approximate surface area is 118 Å². The van der Waals surface area contributed by atoms with Crippen LogP contribution in [-0.2, 0) is 9.53 Å². The molecule has 0 aromatic heterocycles. The average molecular weight is 266 g/mol. The van der Waals surface area contributed by atoms with Gasteiger partial charge in [-0.05, 0) is 38.5 Å². The highest BCUT2D eigenvalue weighted by atomic mass is 16.6. The molecule has 19 heavy (non-hydrogen) atoms. The molecule has 3 atom stereocenters. The third kappa shape index (κ3) is 5.64. The zero-order chi connectivity index (χ0) is 13.5. The second kappa shape index (κ2) is 8.04. The number of rotatable bonds is 11. The van der Waals surface area contributed by atoms with Crippen LogP contribution >= 0.6 is 0 Å². The smallest absolute Gasteiger partial charge is 0.129 e. The highest BCUT2D eigenvalue weighted by Gasteiger charge is 2.49. The SMILES string of the molecule is CC(=O)CCCCCCCCCCC1CCC2OC12. The first-order valence-electron chi connectivity index (χ1n) is 8.42. The summed E-state index contributed by atoms with van der Waals surface area (Å²) in [6.07, 6.45) is 16.9. The quantitative estimate of drug-likeness (QED) is 0.402. The molecule has 0 aromatic rings. The third-order valence-electron chi connectivity index (χ3n) is 4.76. The van der Waals surface area contributed by atoms with Crippen molar-refractivity contribution in [2.45, 2.75) is 96.2 Å². The molecular weight excluding hydrogens is 236 g/mol. The summed E-state index contributed by atoms with van der Waals surface area (Å²) in [5, 5.41) is 0. The van der Waals surface area contributed by atoms with Crippen molar-refractivity contribution in [1.29, 1.82) is 0 Å². The van der Waals surface area contributed by atoms with Crippen molar-refractivity contribution in [3.8, 4) is 0 Å². The number of ether oxygens (including phenoxy) is 1. The summed E-state index contributed by atoms with van der Waals surface area (Å²) in [6, 6.07) is 0. The maximum Gasteiger partial charge on any atom is 0.129 e. The number of carbonyl (C=O) groups excluding carboxylic acids is 1. The lowest BCUT2D eigenvalue weighted by molar-refractivity contribution is -0.117. The molecule has 1 aliphatic heterocycles. The molecule has 1 aliphatic carbocycles. The summed E-state index contributed by atoms with van der Waals surface area (Å²) in [4.78, 5) is 10.8. The van der Waals surface area contributed by atoms with Crippen molar-refractivity contribution in [2.75, 3.05) is 0 Å².